The molecule has 5 nitrogen and oxygen atoms in total. The number of methoxy groups -OCH3 is 1. The van der Waals surface area contributed by atoms with Crippen LogP contribution >= 0.6 is 0 Å². The van der Waals surface area contributed by atoms with Gasteiger partial charge in [0.15, 0.2) is 0 Å². The molecule has 0 aliphatic carbocycles. The lowest BCUT2D eigenvalue weighted by Crippen LogP contribution is -2.54. The summed E-state index contributed by atoms with van der Waals surface area (Å²) in [5, 5.41) is 27.4. The van der Waals surface area contributed by atoms with E-state index in [-0.39, 0.29) is 13.2 Å². The maximum Gasteiger partial charge on any atom is 0.111 e. The Morgan fingerprint density at radius 1 is 1.42 bits per heavy atom. The quantitative estimate of drug-likeness (QED) is 0.461. The highest BCUT2D eigenvalue weighted by Crippen LogP contribution is 2.16. The zero-order chi connectivity index (χ0) is 9.14. The maximum absolute atomic E-state index is 9.37. The van der Waals surface area contributed by atoms with E-state index in [0.29, 0.717) is 0 Å². The molecule has 12 heavy (non-hydrogen) atoms. The van der Waals surface area contributed by atoms with E-state index in [0.717, 1.165) is 0 Å². The van der Waals surface area contributed by atoms with E-state index in [2.05, 4.69) is 0 Å². The lowest BCUT2D eigenvalue weighted by atomic mass is 10.0. The molecule has 3 N–H and O–H groups in total. The van der Waals surface area contributed by atoms with Gasteiger partial charge in [-0.3, -0.25) is 0 Å². The lowest BCUT2D eigenvalue weighted by Gasteiger charge is -2.35. The third kappa shape index (κ3) is 1.75. The molecule has 5 heteroatoms. The molecule has 0 aromatic rings. The molecular weight excluding hydrogens is 164 g/mol. The molecule has 72 valence electrons. The maximum atomic E-state index is 9.37. The van der Waals surface area contributed by atoms with E-state index >= 15 is 0 Å². The van der Waals surface area contributed by atoms with Crippen molar-refractivity contribution < 1.29 is 24.8 Å². The Balaban J connectivity index is 2.52. The Kier molecular flexibility index (Phi) is 3.42. The molecule has 4 atom stereocenters. The van der Waals surface area contributed by atoms with Gasteiger partial charge in [-0.1, -0.05) is 0 Å². The van der Waals surface area contributed by atoms with Gasteiger partial charge in [0.25, 0.3) is 0 Å². The second-order valence-electron chi connectivity index (χ2n) is 2.81. The molecule has 4 unspecified atom stereocenters. The highest BCUT2D eigenvalue weighted by atomic mass is 16.6. The highest BCUT2D eigenvalue weighted by Gasteiger charge is 2.37. The van der Waals surface area contributed by atoms with Crippen molar-refractivity contribution in [2.75, 3.05) is 20.3 Å². The van der Waals surface area contributed by atoms with E-state index in [1.165, 1.54) is 7.11 Å². The number of rotatable bonds is 2. The summed E-state index contributed by atoms with van der Waals surface area (Å²) >= 11 is 0. The molecule has 0 radical (unpaired) electrons. The monoisotopic (exact) mass is 178 g/mol. The van der Waals surface area contributed by atoms with Gasteiger partial charge in [0, 0.05) is 7.11 Å². The van der Waals surface area contributed by atoms with Crippen LogP contribution < -0.4 is 0 Å². The number of aliphatic hydroxyl groups excluding tert-OH is 3. The summed E-state index contributed by atoms with van der Waals surface area (Å²) in [4.78, 5) is 0. The number of hydrogen-bond donors (Lipinski definition) is 3. The van der Waals surface area contributed by atoms with Gasteiger partial charge in [-0.2, -0.15) is 0 Å². The van der Waals surface area contributed by atoms with Crippen molar-refractivity contribution in [3.05, 3.63) is 0 Å². The minimum atomic E-state index is -1.08. The highest BCUT2D eigenvalue weighted by molar-refractivity contribution is 4.86. The molecule has 1 heterocycles. The average molecular weight is 178 g/mol. The topological polar surface area (TPSA) is 79.2 Å². The number of hydrogen-bond acceptors (Lipinski definition) is 5. The molecule has 0 saturated carbocycles. The van der Waals surface area contributed by atoms with E-state index in [1.54, 1.807) is 0 Å². The second-order valence-corrected chi connectivity index (χ2v) is 2.81. The molecular formula is C7H14O5. The molecule has 0 bridgehead atoms. The molecule has 1 rings (SSSR count). The van der Waals surface area contributed by atoms with Gasteiger partial charge in [0.1, 0.15) is 24.4 Å². The van der Waals surface area contributed by atoms with Crippen LogP contribution in [0.3, 0.4) is 0 Å². The zero-order valence-electron chi connectivity index (χ0n) is 6.88. The zero-order valence-corrected chi connectivity index (χ0v) is 6.88. The summed E-state index contributed by atoms with van der Waals surface area (Å²) in [7, 11) is 1.43. The van der Waals surface area contributed by atoms with Gasteiger partial charge in [-0.25, -0.2) is 0 Å². The first kappa shape index (κ1) is 9.88. The van der Waals surface area contributed by atoms with Crippen LogP contribution in [-0.4, -0.2) is 60.1 Å². The minimum Gasteiger partial charge on any atom is -0.394 e. The Bertz CT molecular complexity index is 124. The Morgan fingerprint density at radius 2 is 2.08 bits per heavy atom. The van der Waals surface area contributed by atoms with Gasteiger partial charge in [-0.15, -0.1) is 0 Å². The minimum absolute atomic E-state index is 0.194. The molecule has 0 spiro atoms. The van der Waals surface area contributed by atoms with Crippen LogP contribution in [0.4, 0.5) is 0 Å². The molecule has 1 saturated heterocycles. The largest absolute Gasteiger partial charge is 0.394 e. The van der Waals surface area contributed by atoms with Crippen molar-refractivity contribution in [3.63, 3.8) is 0 Å². The summed E-state index contributed by atoms with van der Waals surface area (Å²) < 4.78 is 9.88. The van der Waals surface area contributed by atoms with Crippen molar-refractivity contribution in [3.8, 4) is 0 Å². The Hall–Kier alpha value is -0.200. The van der Waals surface area contributed by atoms with Crippen molar-refractivity contribution in [1.29, 1.82) is 0 Å². The first-order chi connectivity index (χ1) is 5.70. The van der Waals surface area contributed by atoms with Crippen LogP contribution in [0, 0.1) is 0 Å². The summed E-state index contributed by atoms with van der Waals surface area (Å²) in [6.07, 6.45) is -3.27. The van der Waals surface area contributed by atoms with Crippen molar-refractivity contribution >= 4 is 0 Å². The molecule has 0 aromatic heterocycles. The van der Waals surface area contributed by atoms with Crippen molar-refractivity contribution in [2.45, 2.75) is 24.4 Å². The van der Waals surface area contributed by atoms with E-state index in [4.69, 9.17) is 14.6 Å². The van der Waals surface area contributed by atoms with Crippen molar-refractivity contribution in [1.82, 2.24) is 0 Å². The second kappa shape index (κ2) is 4.15. The smallest absolute Gasteiger partial charge is 0.111 e. The average Bonchev–Trinajstić information content (AvgIpc) is 2.10. The summed E-state index contributed by atoms with van der Waals surface area (Å²) in [5.41, 5.74) is 0. The molecule has 1 aliphatic heterocycles. The van der Waals surface area contributed by atoms with Gasteiger partial charge >= 0.3 is 0 Å². The normalized spacial score (nSPS) is 43.0. The van der Waals surface area contributed by atoms with Crippen LogP contribution in [-0.2, 0) is 9.47 Å². The van der Waals surface area contributed by atoms with Crippen LogP contribution in [0.1, 0.15) is 0 Å². The van der Waals surface area contributed by atoms with E-state index in [9.17, 15) is 10.2 Å². The van der Waals surface area contributed by atoms with Gasteiger partial charge in [0.05, 0.1) is 13.2 Å². The third-order valence-electron chi connectivity index (χ3n) is 2.07. The standard InChI is InChI=1S/C7H14O5/c1-11-5-3-12-4(2-8)6(9)7(5)10/h4-10H,2-3H2,1H3. The van der Waals surface area contributed by atoms with Crippen LogP contribution in [0.25, 0.3) is 0 Å². The fourth-order valence-electron chi connectivity index (χ4n) is 1.22. The first-order valence-electron chi connectivity index (χ1n) is 3.82. The van der Waals surface area contributed by atoms with E-state index < -0.39 is 24.4 Å². The fourth-order valence-corrected chi connectivity index (χ4v) is 1.22. The molecule has 0 amide bonds. The summed E-state index contributed by atoms with van der Waals surface area (Å²) in [6, 6.07) is 0. The SMILES string of the molecule is COC1COC(CO)C(O)C1O. The van der Waals surface area contributed by atoms with Crippen molar-refractivity contribution in [2.24, 2.45) is 0 Å². The predicted octanol–water partition coefficient (Wildman–Crippen LogP) is -1.89. The first-order valence-corrected chi connectivity index (χ1v) is 3.82. The molecule has 0 aromatic carbocycles. The fraction of sp³-hybridized carbons (Fsp3) is 1.00. The Labute approximate surface area is 70.5 Å². The van der Waals surface area contributed by atoms with Crippen LogP contribution in [0.15, 0.2) is 0 Å². The number of aliphatic hydroxyl groups is 3. The Morgan fingerprint density at radius 3 is 2.58 bits per heavy atom. The van der Waals surface area contributed by atoms with Gasteiger partial charge < -0.3 is 24.8 Å². The summed E-state index contributed by atoms with van der Waals surface area (Å²) in [6.45, 7) is -0.103. The van der Waals surface area contributed by atoms with Gasteiger partial charge in [0.2, 0.25) is 0 Å². The third-order valence-corrected chi connectivity index (χ3v) is 2.07. The number of ether oxygens (including phenoxy) is 2. The van der Waals surface area contributed by atoms with E-state index in [1.807, 2.05) is 0 Å². The summed E-state index contributed by atoms with van der Waals surface area (Å²) in [5.74, 6) is 0. The predicted molar refractivity (Wildman–Crippen MR) is 39.6 cm³/mol. The van der Waals surface area contributed by atoms with Crippen LogP contribution in [0.5, 0.6) is 0 Å². The van der Waals surface area contributed by atoms with Crippen LogP contribution in [0.2, 0.25) is 0 Å². The molecule has 1 fully saturated rings. The molecule has 1 aliphatic rings. The lowest BCUT2D eigenvalue weighted by molar-refractivity contribution is -0.202. The van der Waals surface area contributed by atoms with Gasteiger partial charge in [-0.05, 0) is 0 Å².